The number of H-pyrrole nitrogens is 1. The van der Waals surface area contributed by atoms with Crippen LogP contribution in [0.4, 0.5) is 0 Å². The number of aromatic amines is 1. The largest absolute Gasteiger partial charge is 0.373 e. The summed E-state index contributed by atoms with van der Waals surface area (Å²) < 4.78 is 5.91. The molecule has 6 heteroatoms. The maximum Gasteiger partial charge on any atom is 0.191 e. The molecule has 3 heterocycles. The molecule has 136 valence electrons. The number of benzene rings is 1. The van der Waals surface area contributed by atoms with Gasteiger partial charge < -0.3 is 20.4 Å². The van der Waals surface area contributed by atoms with Gasteiger partial charge in [-0.25, -0.2) is 0 Å². The van der Waals surface area contributed by atoms with Gasteiger partial charge in [-0.3, -0.25) is 4.99 Å². The lowest BCUT2D eigenvalue weighted by molar-refractivity contribution is 0.0992. The van der Waals surface area contributed by atoms with E-state index in [4.69, 9.17) is 4.74 Å². The second-order valence-electron chi connectivity index (χ2n) is 6.88. The monoisotopic (exact) mass is 454 g/mol. The summed E-state index contributed by atoms with van der Waals surface area (Å²) in [5.74, 6) is 0.883. The van der Waals surface area contributed by atoms with E-state index in [0.717, 1.165) is 25.3 Å². The highest BCUT2D eigenvalue weighted by atomic mass is 127. The molecule has 3 atom stereocenters. The number of ether oxygens (including phenoxy) is 1. The Balaban J connectivity index is 0.00000182. The molecule has 3 unspecified atom stereocenters. The van der Waals surface area contributed by atoms with Crippen LogP contribution in [0.15, 0.2) is 29.3 Å². The van der Waals surface area contributed by atoms with E-state index in [9.17, 15) is 0 Å². The number of nitrogens with one attached hydrogen (secondary N) is 3. The standard InChI is InChI=1S/C19H26N4O.HI/c1-12-14(15-5-3-4-6-16(15)22-12)9-10-21-19(20-2)23-17-11-13-7-8-18(17)24-13;/h3-6,13,17-18,22H,7-11H2,1-2H3,(H2,20,21,23);1H. The number of hydrogen-bond donors (Lipinski definition) is 3. The van der Waals surface area contributed by atoms with Crippen LogP contribution in [0, 0.1) is 6.92 Å². The number of guanidine groups is 1. The van der Waals surface area contributed by atoms with Crippen LogP contribution in [0.1, 0.15) is 30.5 Å². The average Bonchev–Trinajstić information content (AvgIpc) is 3.28. The van der Waals surface area contributed by atoms with E-state index in [1.165, 1.54) is 35.0 Å². The van der Waals surface area contributed by atoms with Crippen LogP contribution in [0.5, 0.6) is 0 Å². The molecule has 0 radical (unpaired) electrons. The van der Waals surface area contributed by atoms with Gasteiger partial charge in [0.05, 0.1) is 18.2 Å². The Bertz CT molecular complexity index is 757. The molecule has 5 nitrogen and oxygen atoms in total. The quantitative estimate of drug-likeness (QED) is 0.378. The summed E-state index contributed by atoms with van der Waals surface area (Å²) in [6, 6.07) is 8.90. The number of nitrogens with zero attached hydrogens (tertiary/aromatic N) is 1. The minimum Gasteiger partial charge on any atom is -0.373 e. The summed E-state index contributed by atoms with van der Waals surface area (Å²) in [6.07, 6.45) is 5.29. The third-order valence-corrected chi connectivity index (χ3v) is 5.35. The van der Waals surface area contributed by atoms with E-state index in [2.05, 4.69) is 51.8 Å². The Hall–Kier alpha value is -1.28. The summed E-state index contributed by atoms with van der Waals surface area (Å²) in [7, 11) is 1.83. The zero-order chi connectivity index (χ0) is 16.5. The van der Waals surface area contributed by atoms with Crippen molar-refractivity contribution in [3.63, 3.8) is 0 Å². The Morgan fingerprint density at radius 1 is 1.32 bits per heavy atom. The van der Waals surface area contributed by atoms with Gasteiger partial charge in [0.25, 0.3) is 0 Å². The number of aliphatic imine (C=N–C) groups is 1. The maximum atomic E-state index is 5.91. The number of halogens is 1. The van der Waals surface area contributed by atoms with Gasteiger partial charge in [-0.1, -0.05) is 18.2 Å². The molecule has 25 heavy (non-hydrogen) atoms. The molecule has 2 bridgehead atoms. The zero-order valence-corrected chi connectivity index (χ0v) is 17.2. The molecular weight excluding hydrogens is 427 g/mol. The topological polar surface area (TPSA) is 61.4 Å². The molecule has 3 N–H and O–H groups in total. The molecular formula is C19H27IN4O. The van der Waals surface area contributed by atoms with Crippen LogP contribution >= 0.6 is 24.0 Å². The van der Waals surface area contributed by atoms with Crippen molar-refractivity contribution in [2.75, 3.05) is 13.6 Å². The minimum atomic E-state index is 0. The van der Waals surface area contributed by atoms with Crippen LogP contribution in [0.25, 0.3) is 10.9 Å². The van der Waals surface area contributed by atoms with Gasteiger partial charge in [0, 0.05) is 30.2 Å². The molecule has 0 saturated carbocycles. The van der Waals surface area contributed by atoms with Crippen LogP contribution in [-0.4, -0.2) is 42.8 Å². The number of para-hydroxylation sites is 1. The second-order valence-corrected chi connectivity index (χ2v) is 6.88. The van der Waals surface area contributed by atoms with Crippen LogP contribution in [-0.2, 0) is 11.2 Å². The average molecular weight is 454 g/mol. The summed E-state index contributed by atoms with van der Waals surface area (Å²) in [5, 5.41) is 8.31. The first-order valence-electron chi connectivity index (χ1n) is 8.93. The normalized spacial score (nSPS) is 25.2. The lowest BCUT2D eigenvalue weighted by atomic mass is 9.96. The summed E-state index contributed by atoms with van der Waals surface area (Å²) >= 11 is 0. The molecule has 2 aromatic rings. The van der Waals surface area contributed by atoms with Crippen LogP contribution in [0.2, 0.25) is 0 Å². The highest BCUT2D eigenvalue weighted by Crippen LogP contribution is 2.34. The lowest BCUT2D eigenvalue weighted by Crippen LogP contribution is -2.47. The molecule has 0 spiro atoms. The molecule has 1 aromatic carbocycles. The Morgan fingerprint density at radius 3 is 2.88 bits per heavy atom. The summed E-state index contributed by atoms with van der Waals surface area (Å²) in [5.41, 5.74) is 3.85. The van der Waals surface area contributed by atoms with E-state index in [0.29, 0.717) is 18.2 Å². The third kappa shape index (κ3) is 3.79. The zero-order valence-electron chi connectivity index (χ0n) is 14.8. The SMILES string of the molecule is CN=C(NCCc1c(C)[nH]c2ccccc12)NC1CC2CCC1O2.I. The number of rotatable bonds is 4. The fourth-order valence-corrected chi connectivity index (χ4v) is 4.12. The summed E-state index contributed by atoms with van der Waals surface area (Å²) in [4.78, 5) is 7.84. The number of aryl methyl sites for hydroxylation is 1. The van der Waals surface area contributed by atoms with Crippen molar-refractivity contribution in [3.8, 4) is 0 Å². The predicted octanol–water partition coefficient (Wildman–Crippen LogP) is 3.12. The van der Waals surface area contributed by atoms with Crippen molar-refractivity contribution in [2.45, 2.75) is 50.9 Å². The molecule has 2 saturated heterocycles. The second kappa shape index (κ2) is 7.95. The Morgan fingerprint density at radius 2 is 2.16 bits per heavy atom. The lowest BCUT2D eigenvalue weighted by Gasteiger charge is -2.22. The fraction of sp³-hybridized carbons (Fsp3) is 0.526. The van der Waals surface area contributed by atoms with Gasteiger partial charge in [-0.15, -0.1) is 24.0 Å². The van der Waals surface area contributed by atoms with Crippen molar-refractivity contribution in [1.29, 1.82) is 0 Å². The Kier molecular flexibility index (Phi) is 5.89. The van der Waals surface area contributed by atoms with Crippen LogP contribution in [0.3, 0.4) is 0 Å². The predicted molar refractivity (Wildman–Crippen MR) is 113 cm³/mol. The van der Waals surface area contributed by atoms with Gasteiger partial charge in [0.2, 0.25) is 0 Å². The first-order chi connectivity index (χ1) is 11.7. The van der Waals surface area contributed by atoms with Crippen molar-refractivity contribution in [1.82, 2.24) is 15.6 Å². The molecule has 2 fully saturated rings. The molecule has 2 aliphatic rings. The highest BCUT2D eigenvalue weighted by Gasteiger charge is 2.41. The molecule has 4 rings (SSSR count). The summed E-state index contributed by atoms with van der Waals surface area (Å²) in [6.45, 7) is 3.01. The van der Waals surface area contributed by atoms with Crippen molar-refractivity contribution in [3.05, 3.63) is 35.5 Å². The fourth-order valence-electron chi connectivity index (χ4n) is 4.12. The van der Waals surface area contributed by atoms with Crippen molar-refractivity contribution < 1.29 is 4.74 Å². The van der Waals surface area contributed by atoms with E-state index in [1.54, 1.807) is 0 Å². The third-order valence-electron chi connectivity index (χ3n) is 5.35. The first-order valence-corrected chi connectivity index (χ1v) is 8.93. The number of hydrogen-bond acceptors (Lipinski definition) is 2. The maximum absolute atomic E-state index is 5.91. The molecule has 0 aliphatic carbocycles. The van der Waals surface area contributed by atoms with Gasteiger partial charge in [0.1, 0.15) is 0 Å². The number of fused-ring (bicyclic) bond motifs is 3. The van der Waals surface area contributed by atoms with Crippen molar-refractivity contribution >= 4 is 40.8 Å². The highest BCUT2D eigenvalue weighted by molar-refractivity contribution is 14.0. The van der Waals surface area contributed by atoms with E-state index >= 15 is 0 Å². The van der Waals surface area contributed by atoms with Gasteiger partial charge in [-0.2, -0.15) is 0 Å². The van der Waals surface area contributed by atoms with Crippen molar-refractivity contribution in [2.24, 2.45) is 4.99 Å². The molecule has 1 aromatic heterocycles. The van der Waals surface area contributed by atoms with Gasteiger partial charge in [0.15, 0.2) is 5.96 Å². The smallest absolute Gasteiger partial charge is 0.191 e. The van der Waals surface area contributed by atoms with E-state index < -0.39 is 0 Å². The van der Waals surface area contributed by atoms with E-state index in [-0.39, 0.29) is 24.0 Å². The molecule has 2 aliphatic heterocycles. The molecule has 0 amide bonds. The van der Waals surface area contributed by atoms with Gasteiger partial charge in [-0.05, 0) is 44.2 Å². The van der Waals surface area contributed by atoms with Gasteiger partial charge >= 0.3 is 0 Å². The first kappa shape index (κ1) is 18.5. The number of aromatic nitrogens is 1. The van der Waals surface area contributed by atoms with E-state index in [1.807, 2.05) is 7.05 Å². The Labute approximate surface area is 166 Å². The minimum absolute atomic E-state index is 0. The van der Waals surface area contributed by atoms with Crippen LogP contribution < -0.4 is 10.6 Å².